The first-order chi connectivity index (χ1) is 10.5. The summed E-state index contributed by atoms with van der Waals surface area (Å²) in [7, 11) is 0. The third-order valence-corrected chi connectivity index (χ3v) is 4.18. The Balaban J connectivity index is 2.15. The van der Waals surface area contributed by atoms with Crippen molar-refractivity contribution >= 4 is 46.2 Å². The number of nitrogens with zero attached hydrogens (tertiary/aromatic N) is 1. The molecule has 0 bridgehead atoms. The number of carbonyl (C=O) groups is 1. The van der Waals surface area contributed by atoms with Crippen LogP contribution < -0.4 is 15.5 Å². The predicted octanol–water partition coefficient (Wildman–Crippen LogP) is 3.80. The summed E-state index contributed by atoms with van der Waals surface area (Å²) in [6.45, 7) is 5.64. The van der Waals surface area contributed by atoms with Gasteiger partial charge in [0.25, 0.3) is 0 Å². The third-order valence-electron chi connectivity index (χ3n) is 3.67. The van der Waals surface area contributed by atoms with Gasteiger partial charge in [0.15, 0.2) is 5.11 Å². The van der Waals surface area contributed by atoms with Crippen molar-refractivity contribution in [2.75, 3.05) is 23.3 Å². The van der Waals surface area contributed by atoms with Crippen LogP contribution in [0, 0.1) is 5.92 Å². The lowest BCUT2D eigenvalue weighted by Crippen LogP contribution is -2.37. The molecule has 0 saturated carbocycles. The van der Waals surface area contributed by atoms with Gasteiger partial charge in [-0.05, 0) is 43.6 Å². The molecule has 1 fully saturated rings. The van der Waals surface area contributed by atoms with Crippen molar-refractivity contribution in [3.63, 3.8) is 0 Å². The number of nitrogens with one attached hydrogen (secondary N) is 2. The fraction of sp³-hybridized carbons (Fsp3) is 0.500. The van der Waals surface area contributed by atoms with Crippen LogP contribution in [0.5, 0.6) is 0 Å². The van der Waals surface area contributed by atoms with E-state index >= 15 is 0 Å². The monoisotopic (exact) mass is 339 g/mol. The van der Waals surface area contributed by atoms with Gasteiger partial charge in [0.2, 0.25) is 5.91 Å². The van der Waals surface area contributed by atoms with E-state index < -0.39 is 0 Å². The number of benzene rings is 1. The molecule has 2 rings (SSSR count). The summed E-state index contributed by atoms with van der Waals surface area (Å²) in [5.74, 6) is -0.209. The molecule has 1 heterocycles. The van der Waals surface area contributed by atoms with Crippen LogP contribution in [0.25, 0.3) is 0 Å². The molecular weight excluding hydrogens is 318 g/mol. The molecule has 0 aliphatic carbocycles. The highest BCUT2D eigenvalue weighted by atomic mass is 35.5. The lowest BCUT2D eigenvalue weighted by Gasteiger charge is -2.31. The summed E-state index contributed by atoms with van der Waals surface area (Å²) in [6.07, 6.45) is 3.59. The van der Waals surface area contributed by atoms with Crippen LogP contribution in [-0.4, -0.2) is 24.1 Å². The molecule has 0 radical (unpaired) electrons. The highest BCUT2D eigenvalue weighted by Crippen LogP contribution is 2.35. The summed E-state index contributed by atoms with van der Waals surface area (Å²) >= 11 is 11.6. The Morgan fingerprint density at radius 1 is 1.27 bits per heavy atom. The molecule has 0 atom stereocenters. The third kappa shape index (κ3) is 4.34. The molecule has 22 heavy (non-hydrogen) atoms. The van der Waals surface area contributed by atoms with Crippen LogP contribution >= 0.6 is 23.8 Å². The number of piperidine rings is 1. The van der Waals surface area contributed by atoms with E-state index in [-0.39, 0.29) is 11.8 Å². The minimum Gasteiger partial charge on any atom is -0.369 e. The lowest BCUT2D eigenvalue weighted by molar-refractivity contribution is -0.122. The van der Waals surface area contributed by atoms with Gasteiger partial charge < -0.3 is 15.5 Å². The number of halogens is 1. The van der Waals surface area contributed by atoms with Crippen LogP contribution in [0.3, 0.4) is 0 Å². The number of thiocarbonyl (C=S) groups is 1. The van der Waals surface area contributed by atoms with Gasteiger partial charge in [-0.3, -0.25) is 4.79 Å². The highest BCUT2D eigenvalue weighted by molar-refractivity contribution is 7.80. The van der Waals surface area contributed by atoms with Gasteiger partial charge >= 0.3 is 0 Å². The normalized spacial score (nSPS) is 14.8. The van der Waals surface area contributed by atoms with Gasteiger partial charge in [-0.2, -0.15) is 0 Å². The number of carbonyl (C=O) groups excluding carboxylic acids is 1. The second-order valence-corrected chi connectivity index (χ2v) is 6.60. The quantitative estimate of drug-likeness (QED) is 0.822. The molecule has 1 aromatic carbocycles. The average molecular weight is 340 g/mol. The second kappa shape index (κ2) is 7.79. The van der Waals surface area contributed by atoms with Gasteiger partial charge in [0.05, 0.1) is 16.4 Å². The molecule has 1 aliphatic rings. The summed E-state index contributed by atoms with van der Waals surface area (Å²) in [4.78, 5) is 14.0. The Bertz CT molecular complexity index is 556. The number of rotatable bonds is 3. The second-order valence-electron chi connectivity index (χ2n) is 5.78. The minimum absolute atomic E-state index is 0.0981. The topological polar surface area (TPSA) is 44.4 Å². The Hall–Kier alpha value is -1.33. The fourth-order valence-corrected chi connectivity index (χ4v) is 2.97. The number of para-hydroxylation sites is 1. The summed E-state index contributed by atoms with van der Waals surface area (Å²) in [5.41, 5.74) is 1.80. The van der Waals surface area contributed by atoms with Crippen LogP contribution in [0.1, 0.15) is 33.1 Å². The van der Waals surface area contributed by atoms with Gasteiger partial charge in [0, 0.05) is 19.0 Å². The number of hydrogen-bond acceptors (Lipinski definition) is 3. The smallest absolute Gasteiger partial charge is 0.228 e. The molecule has 1 aliphatic heterocycles. The van der Waals surface area contributed by atoms with E-state index in [2.05, 4.69) is 15.5 Å². The van der Waals surface area contributed by atoms with Crippen molar-refractivity contribution < 1.29 is 4.79 Å². The zero-order valence-corrected chi connectivity index (χ0v) is 14.6. The van der Waals surface area contributed by atoms with Crippen molar-refractivity contribution in [3.05, 3.63) is 23.2 Å². The molecule has 0 aromatic heterocycles. The Labute approximate surface area is 142 Å². The minimum atomic E-state index is -0.110. The first-order valence-corrected chi connectivity index (χ1v) is 8.43. The van der Waals surface area contributed by atoms with Crippen molar-refractivity contribution in [3.8, 4) is 0 Å². The molecule has 0 unspecified atom stereocenters. The summed E-state index contributed by atoms with van der Waals surface area (Å²) in [6, 6.07) is 5.70. The van der Waals surface area contributed by atoms with Crippen LogP contribution in [0.15, 0.2) is 18.2 Å². The first kappa shape index (κ1) is 17.0. The van der Waals surface area contributed by atoms with Crippen LogP contribution in [-0.2, 0) is 4.79 Å². The molecular formula is C16H22ClN3OS. The van der Waals surface area contributed by atoms with Crippen molar-refractivity contribution in [2.24, 2.45) is 5.92 Å². The molecule has 2 N–H and O–H groups in total. The predicted molar refractivity (Wildman–Crippen MR) is 96.7 cm³/mol. The number of amides is 1. The van der Waals surface area contributed by atoms with Crippen molar-refractivity contribution in [1.29, 1.82) is 0 Å². The van der Waals surface area contributed by atoms with Crippen LogP contribution in [0.2, 0.25) is 5.02 Å². The Morgan fingerprint density at radius 3 is 2.59 bits per heavy atom. The molecule has 1 aromatic rings. The van der Waals surface area contributed by atoms with Crippen LogP contribution in [0.4, 0.5) is 11.4 Å². The zero-order chi connectivity index (χ0) is 16.1. The van der Waals surface area contributed by atoms with Gasteiger partial charge in [0.1, 0.15) is 0 Å². The van der Waals surface area contributed by atoms with Gasteiger partial charge in [-0.25, -0.2) is 0 Å². The van der Waals surface area contributed by atoms with E-state index in [0.29, 0.717) is 10.1 Å². The standard InChI is InChI=1S/C16H22ClN3OS/c1-11(2)15(21)19-16(22)18-13-8-6-7-12(17)14(13)20-9-4-3-5-10-20/h6-8,11H,3-5,9-10H2,1-2H3,(H2,18,19,21,22). The van der Waals surface area contributed by atoms with E-state index in [1.165, 1.54) is 19.3 Å². The summed E-state index contributed by atoms with van der Waals surface area (Å²) in [5, 5.41) is 6.81. The fourth-order valence-electron chi connectivity index (χ4n) is 2.46. The van der Waals surface area contributed by atoms with Gasteiger partial charge in [-0.1, -0.05) is 31.5 Å². The molecule has 0 spiro atoms. The number of hydrogen-bond donors (Lipinski definition) is 2. The molecule has 1 saturated heterocycles. The van der Waals surface area contributed by atoms with Crippen molar-refractivity contribution in [2.45, 2.75) is 33.1 Å². The highest BCUT2D eigenvalue weighted by Gasteiger charge is 2.18. The maximum atomic E-state index is 11.7. The van der Waals surface area contributed by atoms with Crippen molar-refractivity contribution in [1.82, 2.24) is 5.32 Å². The molecule has 1 amide bonds. The molecule has 6 heteroatoms. The summed E-state index contributed by atoms with van der Waals surface area (Å²) < 4.78 is 0. The van der Waals surface area contributed by atoms with E-state index in [0.717, 1.165) is 24.5 Å². The Kier molecular flexibility index (Phi) is 6.03. The maximum Gasteiger partial charge on any atom is 0.228 e. The molecule has 4 nitrogen and oxygen atoms in total. The largest absolute Gasteiger partial charge is 0.369 e. The lowest BCUT2D eigenvalue weighted by atomic mass is 10.1. The maximum absolute atomic E-state index is 11.7. The number of anilines is 2. The van der Waals surface area contributed by atoms with Gasteiger partial charge in [-0.15, -0.1) is 0 Å². The average Bonchev–Trinajstić information content (AvgIpc) is 2.48. The van der Waals surface area contributed by atoms with E-state index in [1.807, 2.05) is 32.0 Å². The molecule has 120 valence electrons. The first-order valence-electron chi connectivity index (χ1n) is 7.64. The van der Waals surface area contributed by atoms with E-state index in [9.17, 15) is 4.79 Å². The zero-order valence-electron chi connectivity index (χ0n) is 13.0. The Morgan fingerprint density at radius 2 is 1.95 bits per heavy atom. The van der Waals surface area contributed by atoms with E-state index in [4.69, 9.17) is 23.8 Å². The van der Waals surface area contributed by atoms with E-state index in [1.54, 1.807) is 0 Å². The SMILES string of the molecule is CC(C)C(=O)NC(=S)Nc1cccc(Cl)c1N1CCCCC1.